The molecule has 0 unspecified atom stereocenters. The number of phenols is 1. The lowest BCUT2D eigenvalue weighted by molar-refractivity contribution is 0.103. The molecule has 0 bridgehead atoms. The molecule has 28 heavy (non-hydrogen) atoms. The Morgan fingerprint density at radius 1 is 0.714 bits per heavy atom. The molecule has 0 saturated carbocycles. The number of aromatic hydroxyl groups is 1. The third-order valence-corrected chi connectivity index (χ3v) is 5.12. The number of ketones is 1. The quantitative estimate of drug-likeness (QED) is 0.330. The molecule has 0 spiro atoms. The zero-order chi connectivity index (χ0) is 19.3. The van der Waals surface area contributed by atoms with Crippen LogP contribution in [0.2, 0.25) is 0 Å². The number of fused-ring (bicyclic) bond motifs is 3. The summed E-state index contributed by atoms with van der Waals surface area (Å²) in [6.07, 6.45) is 0. The van der Waals surface area contributed by atoms with Crippen molar-refractivity contribution in [3.05, 3.63) is 101 Å². The fourth-order valence-electron chi connectivity index (χ4n) is 3.82. The first-order valence-corrected chi connectivity index (χ1v) is 8.98. The van der Waals surface area contributed by atoms with Crippen molar-refractivity contribution >= 4 is 33.6 Å². The number of rotatable bonds is 1. The number of hydrogen-bond donors (Lipinski definition) is 2. The maximum absolute atomic E-state index is 13.3. The fourth-order valence-corrected chi connectivity index (χ4v) is 3.82. The van der Waals surface area contributed by atoms with E-state index < -0.39 is 0 Å². The molecule has 4 heteroatoms. The Hall–Kier alpha value is -3.92. The molecule has 1 aliphatic rings. The molecule has 0 aromatic heterocycles. The van der Waals surface area contributed by atoms with Gasteiger partial charge in [-0.3, -0.25) is 4.79 Å². The lowest BCUT2D eigenvalue weighted by atomic mass is 9.80. The molecule has 0 aliphatic heterocycles. The molecule has 0 saturated heterocycles. The largest absolute Gasteiger partial charge is 0.507 e. The third-order valence-electron chi connectivity index (χ3n) is 5.12. The molecular formula is C24H16N2O2. The van der Waals surface area contributed by atoms with Crippen LogP contribution in [0, 0.1) is 0 Å². The number of hydrogen-bond acceptors (Lipinski definition) is 4. The highest BCUT2D eigenvalue weighted by atomic mass is 16.3. The number of anilines is 1. The van der Waals surface area contributed by atoms with E-state index in [9.17, 15) is 9.90 Å². The van der Waals surface area contributed by atoms with E-state index in [-0.39, 0.29) is 11.5 Å². The number of benzene rings is 4. The summed E-state index contributed by atoms with van der Waals surface area (Å²) in [6, 6.07) is 24.1. The predicted molar refractivity (Wildman–Crippen MR) is 112 cm³/mol. The van der Waals surface area contributed by atoms with Gasteiger partial charge in [-0.25, -0.2) is 4.99 Å². The summed E-state index contributed by atoms with van der Waals surface area (Å²) in [4.78, 5) is 18.1. The SMILES string of the molecule is Nc1c2c(c(O)c3ccccc13)C(=Nc1ccccc1)c1ccccc1C2=O. The molecule has 5 rings (SSSR count). The highest BCUT2D eigenvalue weighted by Crippen LogP contribution is 2.43. The molecule has 3 N–H and O–H groups in total. The van der Waals surface area contributed by atoms with Gasteiger partial charge in [0, 0.05) is 21.9 Å². The van der Waals surface area contributed by atoms with Gasteiger partial charge in [-0.1, -0.05) is 66.7 Å². The second-order valence-corrected chi connectivity index (χ2v) is 6.73. The molecule has 4 aromatic rings. The van der Waals surface area contributed by atoms with E-state index >= 15 is 0 Å². The van der Waals surface area contributed by atoms with Gasteiger partial charge >= 0.3 is 0 Å². The lowest BCUT2D eigenvalue weighted by Gasteiger charge is -2.24. The molecule has 134 valence electrons. The van der Waals surface area contributed by atoms with Gasteiger partial charge in [-0.05, 0) is 12.1 Å². The summed E-state index contributed by atoms with van der Waals surface area (Å²) in [7, 11) is 0. The lowest BCUT2D eigenvalue weighted by Crippen LogP contribution is -2.23. The van der Waals surface area contributed by atoms with Crippen LogP contribution >= 0.6 is 0 Å². The minimum absolute atomic E-state index is 0.0253. The summed E-state index contributed by atoms with van der Waals surface area (Å²) >= 11 is 0. The number of aliphatic imine (C=N–C) groups is 1. The summed E-state index contributed by atoms with van der Waals surface area (Å²) in [5, 5.41) is 12.4. The Morgan fingerprint density at radius 3 is 2.07 bits per heavy atom. The van der Waals surface area contributed by atoms with Gasteiger partial charge in [0.25, 0.3) is 0 Å². The van der Waals surface area contributed by atoms with Gasteiger partial charge in [-0.2, -0.15) is 0 Å². The topological polar surface area (TPSA) is 75.7 Å². The number of nitrogens with two attached hydrogens (primary N) is 1. The van der Waals surface area contributed by atoms with E-state index in [0.29, 0.717) is 44.4 Å². The van der Waals surface area contributed by atoms with E-state index in [2.05, 4.69) is 0 Å². The van der Waals surface area contributed by atoms with Gasteiger partial charge in [0.1, 0.15) is 5.75 Å². The van der Waals surface area contributed by atoms with Crippen LogP contribution in [0.25, 0.3) is 10.8 Å². The standard InChI is InChI=1S/C24H16N2O2/c25-21-15-10-4-6-12-17(15)24(28)20-19(21)23(27)18-13-7-5-11-16(18)22(20)26-14-8-2-1-3-9-14/h1-13,28H,25H2. The van der Waals surface area contributed by atoms with E-state index in [1.54, 1.807) is 12.1 Å². The molecule has 0 radical (unpaired) electrons. The van der Waals surface area contributed by atoms with Crippen molar-refractivity contribution in [2.75, 3.05) is 5.73 Å². The summed E-state index contributed by atoms with van der Waals surface area (Å²) in [5.41, 5.74) is 10.00. The van der Waals surface area contributed by atoms with Crippen LogP contribution in [0.15, 0.2) is 83.9 Å². The first-order valence-electron chi connectivity index (χ1n) is 8.98. The predicted octanol–water partition coefficient (Wildman–Crippen LogP) is 4.84. The first-order chi connectivity index (χ1) is 13.7. The highest BCUT2D eigenvalue weighted by molar-refractivity contribution is 6.35. The third kappa shape index (κ3) is 2.25. The van der Waals surface area contributed by atoms with Crippen LogP contribution in [0.5, 0.6) is 5.75 Å². The van der Waals surface area contributed by atoms with Crippen molar-refractivity contribution in [3.8, 4) is 5.75 Å². The van der Waals surface area contributed by atoms with Crippen LogP contribution < -0.4 is 5.73 Å². The van der Waals surface area contributed by atoms with Crippen molar-refractivity contribution < 1.29 is 9.90 Å². The summed E-state index contributed by atoms with van der Waals surface area (Å²) < 4.78 is 0. The number of carbonyl (C=O) groups excluding carboxylic acids is 1. The molecule has 4 nitrogen and oxygen atoms in total. The zero-order valence-corrected chi connectivity index (χ0v) is 14.9. The van der Waals surface area contributed by atoms with Crippen LogP contribution in [-0.2, 0) is 0 Å². The molecule has 0 atom stereocenters. The first kappa shape index (κ1) is 16.3. The number of nitrogens with zero attached hydrogens (tertiary/aromatic N) is 1. The normalized spacial score (nSPS) is 14.1. The number of nitrogen functional groups attached to an aromatic ring is 1. The molecule has 4 aromatic carbocycles. The zero-order valence-electron chi connectivity index (χ0n) is 14.9. The Labute approximate surface area is 161 Å². The molecule has 1 aliphatic carbocycles. The minimum atomic E-state index is -0.198. The van der Waals surface area contributed by atoms with Crippen LogP contribution in [0.3, 0.4) is 0 Å². The Kier molecular flexibility index (Phi) is 3.52. The van der Waals surface area contributed by atoms with E-state index in [4.69, 9.17) is 10.7 Å². The number of phenolic OH excluding ortho intramolecular Hbond substituents is 1. The van der Waals surface area contributed by atoms with Gasteiger partial charge in [-0.15, -0.1) is 0 Å². The van der Waals surface area contributed by atoms with Crippen molar-refractivity contribution in [1.82, 2.24) is 0 Å². The van der Waals surface area contributed by atoms with Crippen molar-refractivity contribution in [2.45, 2.75) is 0 Å². The number of carbonyl (C=O) groups is 1. The second-order valence-electron chi connectivity index (χ2n) is 6.73. The highest BCUT2D eigenvalue weighted by Gasteiger charge is 2.33. The van der Waals surface area contributed by atoms with Crippen LogP contribution in [-0.4, -0.2) is 16.6 Å². The second kappa shape index (κ2) is 6.06. The van der Waals surface area contributed by atoms with Crippen LogP contribution in [0.4, 0.5) is 11.4 Å². The maximum Gasteiger partial charge on any atom is 0.196 e. The van der Waals surface area contributed by atoms with Crippen molar-refractivity contribution in [2.24, 2.45) is 4.99 Å². The Bertz CT molecular complexity index is 1290. The minimum Gasteiger partial charge on any atom is -0.507 e. The molecule has 0 fully saturated rings. The van der Waals surface area contributed by atoms with Crippen LogP contribution in [0.1, 0.15) is 27.0 Å². The summed E-state index contributed by atoms with van der Waals surface area (Å²) in [6.45, 7) is 0. The fraction of sp³-hybridized carbons (Fsp3) is 0. The molecular weight excluding hydrogens is 348 g/mol. The van der Waals surface area contributed by atoms with E-state index in [1.165, 1.54) is 0 Å². The summed E-state index contributed by atoms with van der Waals surface area (Å²) in [5.74, 6) is -0.173. The van der Waals surface area contributed by atoms with Crippen molar-refractivity contribution in [3.63, 3.8) is 0 Å². The molecule has 0 heterocycles. The smallest absolute Gasteiger partial charge is 0.196 e. The van der Waals surface area contributed by atoms with Gasteiger partial charge in [0.05, 0.1) is 28.2 Å². The van der Waals surface area contributed by atoms with Gasteiger partial charge in [0.2, 0.25) is 0 Å². The Balaban J connectivity index is 1.94. The average molecular weight is 364 g/mol. The average Bonchev–Trinajstić information content (AvgIpc) is 2.75. The Morgan fingerprint density at radius 2 is 1.32 bits per heavy atom. The molecule has 0 amide bonds. The van der Waals surface area contributed by atoms with E-state index in [1.807, 2.05) is 66.7 Å². The van der Waals surface area contributed by atoms with E-state index in [0.717, 1.165) is 5.69 Å². The number of para-hydroxylation sites is 1. The monoisotopic (exact) mass is 364 g/mol. The van der Waals surface area contributed by atoms with Gasteiger partial charge in [0.15, 0.2) is 5.78 Å². The van der Waals surface area contributed by atoms with Crippen molar-refractivity contribution in [1.29, 1.82) is 0 Å². The van der Waals surface area contributed by atoms with Gasteiger partial charge < -0.3 is 10.8 Å². The maximum atomic E-state index is 13.3.